The number of rotatable bonds is 7. The molecule has 1 saturated carbocycles. The van der Waals surface area contributed by atoms with E-state index in [1.54, 1.807) is 0 Å². The van der Waals surface area contributed by atoms with Crippen molar-refractivity contribution in [1.82, 2.24) is 15.3 Å². The van der Waals surface area contributed by atoms with E-state index in [0.29, 0.717) is 5.92 Å². The first-order valence-corrected chi connectivity index (χ1v) is 8.36. The molecule has 0 bridgehead atoms. The van der Waals surface area contributed by atoms with Gasteiger partial charge in [0, 0.05) is 37.1 Å². The maximum absolute atomic E-state index is 5.44. The van der Waals surface area contributed by atoms with Gasteiger partial charge >= 0.3 is 0 Å². The Morgan fingerprint density at radius 3 is 2.52 bits per heavy atom. The van der Waals surface area contributed by atoms with E-state index < -0.39 is 0 Å². The normalized spacial score (nSPS) is 21.9. The van der Waals surface area contributed by atoms with Crippen molar-refractivity contribution in [3.63, 3.8) is 0 Å². The van der Waals surface area contributed by atoms with Crippen LogP contribution >= 0.6 is 0 Å². The Morgan fingerprint density at radius 2 is 1.90 bits per heavy atom. The van der Waals surface area contributed by atoms with Crippen molar-refractivity contribution in [2.45, 2.75) is 58.4 Å². The highest BCUT2D eigenvalue weighted by Crippen LogP contribution is 2.20. The van der Waals surface area contributed by atoms with Crippen LogP contribution in [0.4, 0.5) is 0 Å². The summed E-state index contributed by atoms with van der Waals surface area (Å²) in [4.78, 5) is 9.47. The van der Waals surface area contributed by atoms with E-state index in [9.17, 15) is 0 Å². The molecule has 0 spiro atoms. The Labute approximate surface area is 127 Å². The van der Waals surface area contributed by atoms with Gasteiger partial charge in [0.15, 0.2) is 0 Å². The Balaban J connectivity index is 1.55. The van der Waals surface area contributed by atoms with Gasteiger partial charge in [-0.2, -0.15) is 0 Å². The number of aryl methyl sites for hydroxylation is 2. The minimum absolute atomic E-state index is 0.609. The second-order valence-corrected chi connectivity index (χ2v) is 6.55. The fraction of sp³-hybridized carbons (Fsp3) is 0.765. The van der Waals surface area contributed by atoms with Crippen molar-refractivity contribution in [3.05, 3.63) is 22.8 Å². The van der Waals surface area contributed by atoms with Gasteiger partial charge in [-0.1, -0.05) is 0 Å². The summed E-state index contributed by atoms with van der Waals surface area (Å²) in [5.74, 6) is 1.61. The number of nitrogens with one attached hydrogen (secondary N) is 1. The Bertz CT molecular complexity index is 456. The Hall–Kier alpha value is -1.00. The number of ether oxygens (including phenoxy) is 1. The molecular weight excluding hydrogens is 262 g/mol. The van der Waals surface area contributed by atoms with Gasteiger partial charge < -0.3 is 10.1 Å². The van der Waals surface area contributed by atoms with Gasteiger partial charge in [0.2, 0.25) is 0 Å². The van der Waals surface area contributed by atoms with E-state index in [4.69, 9.17) is 14.7 Å². The number of hydrogen-bond donors (Lipinski definition) is 1. The summed E-state index contributed by atoms with van der Waals surface area (Å²) in [6, 6.07) is 0.805. The van der Waals surface area contributed by atoms with Gasteiger partial charge in [0.1, 0.15) is 5.82 Å². The summed E-state index contributed by atoms with van der Waals surface area (Å²) < 4.78 is 5.44. The fourth-order valence-electron chi connectivity index (χ4n) is 3.12. The van der Waals surface area contributed by atoms with Gasteiger partial charge in [-0.15, -0.1) is 0 Å². The van der Waals surface area contributed by atoms with E-state index in [2.05, 4.69) is 19.2 Å². The molecule has 1 N–H and O–H groups in total. The van der Waals surface area contributed by atoms with Crippen LogP contribution in [0.3, 0.4) is 0 Å². The highest BCUT2D eigenvalue weighted by Gasteiger charge is 2.20. The molecule has 1 unspecified atom stereocenters. The maximum Gasteiger partial charge on any atom is 0.129 e. The van der Waals surface area contributed by atoms with Crippen LogP contribution in [0, 0.1) is 19.8 Å². The predicted molar refractivity (Wildman–Crippen MR) is 83.5 cm³/mol. The van der Waals surface area contributed by atoms with Gasteiger partial charge in [0.05, 0.1) is 0 Å². The molecule has 0 radical (unpaired) electrons. The molecule has 0 amide bonds. The third kappa shape index (κ3) is 4.24. The molecule has 2 fully saturated rings. The van der Waals surface area contributed by atoms with Crippen molar-refractivity contribution in [2.24, 2.45) is 5.92 Å². The molecule has 21 heavy (non-hydrogen) atoms. The molecule has 3 rings (SSSR count). The summed E-state index contributed by atoms with van der Waals surface area (Å²) in [7, 11) is 0. The van der Waals surface area contributed by atoms with Gasteiger partial charge in [0.25, 0.3) is 0 Å². The molecule has 0 aromatic carbocycles. The summed E-state index contributed by atoms with van der Waals surface area (Å²) in [6.07, 6.45) is 7.10. The van der Waals surface area contributed by atoms with Crippen LogP contribution in [-0.2, 0) is 17.6 Å². The minimum atomic E-state index is 0.609. The molecule has 1 aliphatic heterocycles. The highest BCUT2D eigenvalue weighted by atomic mass is 16.5. The zero-order valence-corrected chi connectivity index (χ0v) is 13.3. The lowest BCUT2D eigenvalue weighted by Crippen LogP contribution is -2.18. The Kier molecular flexibility index (Phi) is 4.86. The molecule has 1 aromatic rings. The van der Waals surface area contributed by atoms with Crippen LogP contribution in [0.5, 0.6) is 0 Å². The summed E-state index contributed by atoms with van der Waals surface area (Å²) in [5, 5.41) is 3.57. The van der Waals surface area contributed by atoms with E-state index in [1.165, 1.54) is 36.2 Å². The quantitative estimate of drug-likeness (QED) is 0.783. The van der Waals surface area contributed by atoms with Crippen molar-refractivity contribution in [3.8, 4) is 0 Å². The first-order valence-electron chi connectivity index (χ1n) is 8.36. The monoisotopic (exact) mass is 289 g/mol. The first-order chi connectivity index (χ1) is 10.2. The minimum Gasteiger partial charge on any atom is -0.381 e. The van der Waals surface area contributed by atoms with Gasteiger partial charge in [-0.05, 0) is 64.0 Å². The first kappa shape index (κ1) is 14.9. The topological polar surface area (TPSA) is 47.0 Å². The third-order valence-electron chi connectivity index (χ3n) is 4.58. The molecule has 1 aromatic heterocycles. The molecule has 1 saturated heterocycles. The molecule has 2 aliphatic rings. The lowest BCUT2D eigenvalue weighted by atomic mass is 10.0. The van der Waals surface area contributed by atoms with Crippen LogP contribution in [0.25, 0.3) is 0 Å². The lowest BCUT2D eigenvalue weighted by Gasteiger charge is -2.13. The number of hydrogen-bond acceptors (Lipinski definition) is 4. The van der Waals surface area contributed by atoms with Crippen molar-refractivity contribution in [2.75, 3.05) is 19.8 Å². The van der Waals surface area contributed by atoms with Crippen LogP contribution in [-0.4, -0.2) is 35.8 Å². The Morgan fingerprint density at radius 1 is 1.14 bits per heavy atom. The van der Waals surface area contributed by atoms with E-state index in [0.717, 1.165) is 50.9 Å². The zero-order valence-electron chi connectivity index (χ0n) is 13.3. The van der Waals surface area contributed by atoms with E-state index in [-0.39, 0.29) is 0 Å². The standard InChI is InChI=1S/C17H27N3O/c1-12-16(4-3-8-18-15-5-6-15)13(2)20-17(19-12)10-14-7-9-21-11-14/h14-15,18H,3-11H2,1-2H3. The summed E-state index contributed by atoms with van der Waals surface area (Å²) in [6.45, 7) is 7.15. The SMILES string of the molecule is Cc1nc(CC2CCOC2)nc(C)c1CCCNC1CC1. The lowest BCUT2D eigenvalue weighted by molar-refractivity contribution is 0.185. The number of nitrogens with zero attached hydrogens (tertiary/aromatic N) is 2. The van der Waals surface area contributed by atoms with E-state index >= 15 is 0 Å². The maximum atomic E-state index is 5.44. The van der Waals surface area contributed by atoms with Crippen molar-refractivity contribution >= 4 is 0 Å². The van der Waals surface area contributed by atoms with Crippen LogP contribution < -0.4 is 5.32 Å². The second-order valence-electron chi connectivity index (χ2n) is 6.55. The average molecular weight is 289 g/mol. The largest absolute Gasteiger partial charge is 0.381 e. The summed E-state index contributed by atoms with van der Waals surface area (Å²) >= 11 is 0. The van der Waals surface area contributed by atoms with Gasteiger partial charge in [-0.3, -0.25) is 0 Å². The molecule has 1 atom stereocenters. The fourth-order valence-corrected chi connectivity index (χ4v) is 3.12. The molecule has 4 heteroatoms. The smallest absolute Gasteiger partial charge is 0.129 e. The molecule has 4 nitrogen and oxygen atoms in total. The van der Waals surface area contributed by atoms with Crippen LogP contribution in [0.15, 0.2) is 0 Å². The average Bonchev–Trinajstić information content (AvgIpc) is 3.13. The third-order valence-corrected chi connectivity index (χ3v) is 4.58. The van der Waals surface area contributed by atoms with Crippen molar-refractivity contribution < 1.29 is 4.74 Å². The summed E-state index contributed by atoms with van der Waals surface area (Å²) in [5.41, 5.74) is 3.68. The molecular formula is C17H27N3O. The number of aromatic nitrogens is 2. The molecule has 116 valence electrons. The van der Waals surface area contributed by atoms with Crippen molar-refractivity contribution in [1.29, 1.82) is 0 Å². The van der Waals surface area contributed by atoms with Crippen LogP contribution in [0.2, 0.25) is 0 Å². The second kappa shape index (κ2) is 6.84. The van der Waals surface area contributed by atoms with Gasteiger partial charge in [-0.25, -0.2) is 9.97 Å². The molecule has 1 aliphatic carbocycles. The van der Waals surface area contributed by atoms with Crippen LogP contribution in [0.1, 0.15) is 48.5 Å². The zero-order chi connectivity index (χ0) is 14.7. The molecule has 2 heterocycles. The van der Waals surface area contributed by atoms with E-state index in [1.807, 2.05) is 0 Å². The predicted octanol–water partition coefficient (Wildman–Crippen LogP) is 2.36. The highest BCUT2D eigenvalue weighted by molar-refractivity contribution is 5.24.